The average Bonchev–Trinajstić information content (AvgIpc) is 2.85. The van der Waals surface area contributed by atoms with Crippen LogP contribution in [0, 0.1) is 0 Å². The van der Waals surface area contributed by atoms with E-state index in [2.05, 4.69) is 30.5 Å². The second-order valence-electron chi connectivity index (χ2n) is 9.44. The van der Waals surface area contributed by atoms with E-state index >= 15 is 0 Å². The van der Waals surface area contributed by atoms with Crippen molar-refractivity contribution in [2.45, 2.75) is 18.9 Å². The molecule has 1 aromatic carbocycles. The van der Waals surface area contributed by atoms with Crippen LogP contribution in [0.2, 0.25) is 0 Å². The number of alkyl halides is 3. The number of anilines is 4. The number of carbonyl (C=O) groups excluding carboxylic acids is 1. The summed E-state index contributed by atoms with van der Waals surface area (Å²) in [6.07, 6.45) is -1.88. The van der Waals surface area contributed by atoms with E-state index in [0.717, 1.165) is 10.6 Å². The van der Waals surface area contributed by atoms with Crippen LogP contribution in [-0.2, 0) is 22.9 Å². The lowest BCUT2D eigenvalue weighted by Gasteiger charge is -2.42. The van der Waals surface area contributed by atoms with Crippen molar-refractivity contribution in [3.05, 3.63) is 60.0 Å². The number of rotatable bonds is 9. The number of likely N-dealkylation sites (tertiary alicyclic amines) is 1. The molecular weight excluding hydrogens is 551 g/mol. The van der Waals surface area contributed by atoms with Crippen LogP contribution in [0.1, 0.15) is 15.9 Å². The first-order valence-electron chi connectivity index (χ1n) is 12.0. The normalized spacial score (nSPS) is 14.2. The number of amides is 1. The summed E-state index contributed by atoms with van der Waals surface area (Å²) < 4.78 is 65.8. The van der Waals surface area contributed by atoms with E-state index < -0.39 is 22.3 Å². The number of hydrogen-bond acceptors (Lipinski definition) is 9. The minimum Gasteiger partial charge on any atom is -0.335 e. The fraction of sp³-hybridized carbons (Fsp3) is 0.375. The van der Waals surface area contributed by atoms with Gasteiger partial charge >= 0.3 is 18.2 Å². The highest BCUT2D eigenvalue weighted by Crippen LogP contribution is 2.23. The number of aromatic nitrogens is 4. The van der Waals surface area contributed by atoms with Gasteiger partial charge in [-0.05, 0) is 44.4 Å². The molecule has 1 saturated heterocycles. The topological polar surface area (TPSA) is 128 Å². The Morgan fingerprint density at radius 2 is 1.80 bits per heavy atom. The molecule has 3 heterocycles. The SMILES string of the molecule is CN(C)C1CN(C(=O)c2ccc(Nc3nc[n+](C(F)(F)F)c(NCc4cccnc4N(C)S(C)(=O)=O)n3)cc2)C1. The van der Waals surface area contributed by atoms with E-state index in [1.54, 1.807) is 41.3 Å². The third-order valence-corrected chi connectivity index (χ3v) is 7.54. The van der Waals surface area contributed by atoms with Gasteiger partial charge in [0, 0.05) is 49.2 Å². The highest BCUT2D eigenvalue weighted by Gasteiger charge is 2.39. The Kier molecular flexibility index (Phi) is 8.11. The number of hydrogen-bond donors (Lipinski definition) is 2. The third kappa shape index (κ3) is 6.56. The molecule has 0 saturated carbocycles. The van der Waals surface area contributed by atoms with Crippen molar-refractivity contribution >= 4 is 39.3 Å². The fourth-order valence-electron chi connectivity index (χ4n) is 3.86. The van der Waals surface area contributed by atoms with E-state index in [4.69, 9.17) is 0 Å². The monoisotopic (exact) mass is 580 g/mol. The molecule has 40 heavy (non-hydrogen) atoms. The van der Waals surface area contributed by atoms with Crippen LogP contribution in [0.5, 0.6) is 0 Å². The summed E-state index contributed by atoms with van der Waals surface area (Å²) in [7, 11) is 1.57. The van der Waals surface area contributed by atoms with Gasteiger partial charge in [0.05, 0.1) is 12.8 Å². The predicted octanol–water partition coefficient (Wildman–Crippen LogP) is 1.77. The smallest absolute Gasteiger partial charge is 0.335 e. The van der Waals surface area contributed by atoms with Gasteiger partial charge in [-0.15, -0.1) is 17.7 Å². The Bertz CT molecular complexity index is 1480. The molecule has 0 spiro atoms. The highest BCUT2D eigenvalue weighted by atomic mass is 32.2. The van der Waals surface area contributed by atoms with E-state index in [0.29, 0.717) is 42.3 Å². The molecule has 3 aromatic rings. The molecule has 1 aliphatic heterocycles. The molecule has 0 radical (unpaired) electrons. The van der Waals surface area contributed by atoms with E-state index in [1.807, 2.05) is 14.1 Å². The molecular formula is C24H29F3N9O3S+. The number of likely N-dealkylation sites (N-methyl/N-ethyl adjacent to an activating group) is 1. The second-order valence-corrected chi connectivity index (χ2v) is 11.5. The Morgan fingerprint density at radius 3 is 2.40 bits per heavy atom. The van der Waals surface area contributed by atoms with E-state index in [-0.39, 0.29) is 28.8 Å². The number of nitrogens with zero attached hydrogens (tertiary/aromatic N) is 7. The second kappa shape index (κ2) is 11.2. The Hall–Kier alpha value is -4.05. The zero-order chi connectivity index (χ0) is 29.2. The maximum absolute atomic E-state index is 13.7. The van der Waals surface area contributed by atoms with Gasteiger partial charge in [0.25, 0.3) is 5.91 Å². The molecule has 0 bridgehead atoms. The molecule has 0 aliphatic carbocycles. The molecule has 214 valence electrons. The van der Waals surface area contributed by atoms with Gasteiger partial charge in [0.1, 0.15) is 5.82 Å². The van der Waals surface area contributed by atoms with Crippen LogP contribution in [0.3, 0.4) is 0 Å². The maximum Gasteiger partial charge on any atom is 0.533 e. The number of carbonyl (C=O) groups is 1. The third-order valence-electron chi connectivity index (χ3n) is 6.38. The molecule has 2 N–H and O–H groups in total. The van der Waals surface area contributed by atoms with Gasteiger partial charge in [-0.3, -0.25) is 14.4 Å². The van der Waals surface area contributed by atoms with Crippen LogP contribution in [0.25, 0.3) is 0 Å². The van der Waals surface area contributed by atoms with Gasteiger partial charge in [-0.2, -0.15) is 0 Å². The first kappa shape index (κ1) is 28.9. The Morgan fingerprint density at radius 1 is 1.12 bits per heavy atom. The van der Waals surface area contributed by atoms with Crippen molar-refractivity contribution in [3.8, 4) is 0 Å². The summed E-state index contributed by atoms with van der Waals surface area (Å²) in [5, 5.41) is 5.45. The Labute approximate surface area is 229 Å². The number of benzene rings is 1. The van der Waals surface area contributed by atoms with Crippen molar-refractivity contribution in [3.63, 3.8) is 0 Å². The van der Waals surface area contributed by atoms with Crippen LogP contribution in [0.4, 0.5) is 36.6 Å². The minimum absolute atomic E-state index is 0.0635. The summed E-state index contributed by atoms with van der Waals surface area (Å²) in [5.74, 6) is -0.747. The maximum atomic E-state index is 13.7. The van der Waals surface area contributed by atoms with Gasteiger partial charge < -0.3 is 15.1 Å². The molecule has 1 aliphatic rings. The van der Waals surface area contributed by atoms with Crippen molar-refractivity contribution in [1.29, 1.82) is 0 Å². The standard InChI is InChI=1S/C24H28F3N9O3S/c1-33(2)19-13-35(14-19)21(37)16-7-9-18(10-8-16)31-22-30-15-36(24(25,26)27)23(32-22)29-12-17-6-5-11-28-20(17)34(3)40(4,38)39/h5-11,15,19H,12-14H2,1-4H3,(H,29,31,32,37)/p+1. The number of sulfonamides is 1. The van der Waals surface area contributed by atoms with Crippen molar-refractivity contribution in [2.24, 2.45) is 0 Å². The minimum atomic E-state index is -4.83. The summed E-state index contributed by atoms with van der Waals surface area (Å²) in [5.41, 5.74) is 1.28. The van der Waals surface area contributed by atoms with Gasteiger partial charge in [0.15, 0.2) is 0 Å². The van der Waals surface area contributed by atoms with Crippen molar-refractivity contribution in [1.82, 2.24) is 24.8 Å². The van der Waals surface area contributed by atoms with E-state index in [9.17, 15) is 26.4 Å². The van der Waals surface area contributed by atoms with Crippen molar-refractivity contribution < 1.29 is 31.0 Å². The fourth-order valence-corrected chi connectivity index (χ4v) is 4.34. The summed E-state index contributed by atoms with van der Waals surface area (Å²) in [4.78, 5) is 28.3. The molecule has 4 rings (SSSR count). The van der Waals surface area contributed by atoms with Gasteiger partial charge in [-0.1, -0.05) is 16.0 Å². The van der Waals surface area contributed by atoms with Gasteiger partial charge in [-0.25, -0.2) is 13.4 Å². The van der Waals surface area contributed by atoms with Crippen LogP contribution in [0.15, 0.2) is 48.9 Å². The summed E-state index contributed by atoms with van der Waals surface area (Å²) in [6, 6.07) is 9.87. The lowest BCUT2D eigenvalue weighted by molar-refractivity contribution is -0.847. The van der Waals surface area contributed by atoms with Gasteiger partial charge in [0.2, 0.25) is 16.4 Å². The summed E-state index contributed by atoms with van der Waals surface area (Å²) in [6.45, 7) is 1.07. The number of pyridine rings is 1. The first-order chi connectivity index (χ1) is 18.7. The molecule has 1 amide bonds. The molecule has 16 heteroatoms. The average molecular weight is 581 g/mol. The molecule has 2 aromatic heterocycles. The van der Waals surface area contributed by atoms with Crippen LogP contribution >= 0.6 is 0 Å². The lowest BCUT2D eigenvalue weighted by atomic mass is 10.1. The molecule has 1 fully saturated rings. The largest absolute Gasteiger partial charge is 0.533 e. The lowest BCUT2D eigenvalue weighted by Crippen LogP contribution is -2.59. The molecule has 0 atom stereocenters. The van der Waals surface area contributed by atoms with Crippen LogP contribution in [-0.4, -0.2) is 85.6 Å². The zero-order valence-electron chi connectivity index (χ0n) is 22.2. The molecule has 0 unspecified atom stereocenters. The van der Waals surface area contributed by atoms with Crippen LogP contribution < -0.4 is 19.5 Å². The number of halogens is 3. The number of nitrogens with one attached hydrogen (secondary N) is 2. The van der Waals surface area contributed by atoms with Crippen molar-refractivity contribution in [2.75, 3.05) is 55.4 Å². The molecule has 12 nitrogen and oxygen atoms in total. The quantitative estimate of drug-likeness (QED) is 0.364. The summed E-state index contributed by atoms with van der Waals surface area (Å²) >= 11 is 0. The first-order valence-corrected chi connectivity index (χ1v) is 13.9. The Balaban J connectivity index is 1.50. The predicted molar refractivity (Wildman–Crippen MR) is 141 cm³/mol. The highest BCUT2D eigenvalue weighted by molar-refractivity contribution is 7.92. The van der Waals surface area contributed by atoms with E-state index in [1.165, 1.54) is 13.2 Å². The zero-order valence-corrected chi connectivity index (χ0v) is 23.0.